The van der Waals surface area contributed by atoms with Crippen molar-refractivity contribution in [2.75, 3.05) is 0 Å². The molecule has 64 valence electrons. The van der Waals surface area contributed by atoms with Crippen molar-refractivity contribution in [3.63, 3.8) is 0 Å². The van der Waals surface area contributed by atoms with Crippen molar-refractivity contribution in [2.45, 2.75) is 25.5 Å². The van der Waals surface area contributed by atoms with Crippen molar-refractivity contribution in [1.29, 1.82) is 0 Å². The Balaban J connectivity index is 2.47. The molecule has 2 atom stereocenters. The van der Waals surface area contributed by atoms with Crippen LogP contribution < -0.4 is 5.73 Å². The minimum Gasteiger partial charge on any atom is -0.387 e. The molecular weight excluding hydrogens is 152 g/mol. The number of fused-ring (bicyclic) bond motifs is 1. The molecule has 0 fully saturated rings. The molecule has 3 heteroatoms. The zero-order valence-electron chi connectivity index (χ0n) is 6.99. The zero-order valence-corrected chi connectivity index (χ0v) is 6.99. The number of aliphatic hydroxyl groups excluding tert-OH is 1. The van der Waals surface area contributed by atoms with Crippen LogP contribution in [0.5, 0.6) is 0 Å². The van der Waals surface area contributed by atoms with Gasteiger partial charge in [-0.3, -0.25) is 4.98 Å². The second kappa shape index (κ2) is 2.54. The van der Waals surface area contributed by atoms with E-state index >= 15 is 0 Å². The highest BCUT2D eigenvalue weighted by atomic mass is 16.3. The van der Waals surface area contributed by atoms with Crippen molar-refractivity contribution < 1.29 is 5.11 Å². The molecule has 0 saturated carbocycles. The second-order valence-corrected chi connectivity index (χ2v) is 3.30. The number of hydrogen-bond acceptors (Lipinski definition) is 3. The number of rotatable bonds is 0. The van der Waals surface area contributed by atoms with Crippen LogP contribution in [0.25, 0.3) is 0 Å². The first kappa shape index (κ1) is 7.71. The molecule has 3 N–H and O–H groups in total. The van der Waals surface area contributed by atoms with E-state index < -0.39 is 6.10 Å². The first-order valence-corrected chi connectivity index (χ1v) is 4.08. The lowest BCUT2D eigenvalue weighted by Gasteiger charge is -2.07. The van der Waals surface area contributed by atoms with Gasteiger partial charge in [0.2, 0.25) is 0 Å². The van der Waals surface area contributed by atoms with E-state index in [0.717, 1.165) is 17.0 Å². The number of aryl methyl sites for hydroxylation is 1. The van der Waals surface area contributed by atoms with Gasteiger partial charge < -0.3 is 10.8 Å². The predicted octanol–water partition coefficient (Wildman–Crippen LogP) is 0.307. The maximum Gasteiger partial charge on any atom is 0.0962 e. The molecule has 1 heterocycles. The van der Waals surface area contributed by atoms with Gasteiger partial charge in [-0.05, 0) is 13.0 Å². The fourth-order valence-electron chi connectivity index (χ4n) is 1.62. The lowest BCUT2D eigenvalue weighted by molar-refractivity contribution is 0.159. The maximum absolute atomic E-state index is 9.58. The molecule has 1 aromatic rings. The minimum atomic E-state index is -0.520. The van der Waals surface area contributed by atoms with E-state index in [1.807, 2.05) is 19.1 Å². The van der Waals surface area contributed by atoms with Crippen LogP contribution in [-0.2, 0) is 6.42 Å². The number of aliphatic hydroxyl groups is 1. The smallest absolute Gasteiger partial charge is 0.0962 e. The van der Waals surface area contributed by atoms with Crippen LogP contribution in [0.4, 0.5) is 0 Å². The molecule has 0 bridgehead atoms. The Labute approximate surface area is 71.2 Å². The van der Waals surface area contributed by atoms with Crippen LogP contribution >= 0.6 is 0 Å². The molecule has 0 amide bonds. The van der Waals surface area contributed by atoms with Crippen LogP contribution in [0.1, 0.15) is 23.1 Å². The third kappa shape index (κ3) is 1.02. The Kier molecular flexibility index (Phi) is 1.63. The van der Waals surface area contributed by atoms with Crippen molar-refractivity contribution in [3.05, 3.63) is 29.1 Å². The van der Waals surface area contributed by atoms with Gasteiger partial charge in [0, 0.05) is 29.4 Å². The Morgan fingerprint density at radius 1 is 1.58 bits per heavy atom. The highest BCUT2D eigenvalue weighted by Gasteiger charge is 2.28. The van der Waals surface area contributed by atoms with E-state index in [9.17, 15) is 5.11 Å². The Hall–Kier alpha value is -0.930. The molecule has 0 aliphatic heterocycles. The fourth-order valence-corrected chi connectivity index (χ4v) is 1.62. The van der Waals surface area contributed by atoms with E-state index in [1.54, 1.807) is 0 Å². The fraction of sp³-hybridized carbons (Fsp3) is 0.444. The van der Waals surface area contributed by atoms with Crippen LogP contribution in [-0.4, -0.2) is 16.1 Å². The molecule has 3 nitrogen and oxygen atoms in total. The first-order chi connectivity index (χ1) is 5.68. The third-order valence-electron chi connectivity index (χ3n) is 2.30. The Morgan fingerprint density at radius 3 is 3.08 bits per heavy atom. The van der Waals surface area contributed by atoms with Crippen LogP contribution in [0.2, 0.25) is 0 Å². The number of nitrogens with two attached hydrogens (primary N) is 1. The normalized spacial score (nSPS) is 27.2. The molecule has 0 aromatic carbocycles. The van der Waals surface area contributed by atoms with Gasteiger partial charge in [0.25, 0.3) is 0 Å². The van der Waals surface area contributed by atoms with Gasteiger partial charge in [-0.25, -0.2) is 0 Å². The average molecular weight is 164 g/mol. The van der Waals surface area contributed by atoms with E-state index in [2.05, 4.69) is 4.98 Å². The number of nitrogens with zero attached hydrogens (tertiary/aromatic N) is 1. The van der Waals surface area contributed by atoms with Crippen molar-refractivity contribution in [2.24, 2.45) is 5.73 Å². The molecule has 0 spiro atoms. The molecule has 0 saturated heterocycles. The standard InChI is InChI=1S/C9H12N2O/c1-5-2-3-6-8(11-5)4-7(10)9(6)12/h2-3,7,9,12H,4,10H2,1H3. The van der Waals surface area contributed by atoms with Crippen LogP contribution in [0.3, 0.4) is 0 Å². The van der Waals surface area contributed by atoms with Gasteiger partial charge >= 0.3 is 0 Å². The summed E-state index contributed by atoms with van der Waals surface area (Å²) in [5.41, 5.74) is 8.52. The summed E-state index contributed by atoms with van der Waals surface area (Å²) in [4.78, 5) is 4.31. The minimum absolute atomic E-state index is 0.172. The Bertz CT molecular complexity index is 311. The lowest BCUT2D eigenvalue weighted by Crippen LogP contribution is -2.24. The van der Waals surface area contributed by atoms with Gasteiger partial charge in [0.1, 0.15) is 0 Å². The van der Waals surface area contributed by atoms with E-state index in [4.69, 9.17) is 5.73 Å². The van der Waals surface area contributed by atoms with Gasteiger partial charge in [0.15, 0.2) is 0 Å². The topological polar surface area (TPSA) is 59.1 Å². The number of hydrogen-bond donors (Lipinski definition) is 2. The monoisotopic (exact) mass is 164 g/mol. The van der Waals surface area contributed by atoms with Crippen molar-refractivity contribution >= 4 is 0 Å². The number of pyridine rings is 1. The molecular formula is C9H12N2O. The summed E-state index contributed by atoms with van der Waals surface area (Å²) in [7, 11) is 0. The van der Waals surface area contributed by atoms with E-state index in [1.165, 1.54) is 0 Å². The Morgan fingerprint density at radius 2 is 2.33 bits per heavy atom. The summed E-state index contributed by atoms with van der Waals surface area (Å²) in [5, 5.41) is 9.58. The summed E-state index contributed by atoms with van der Waals surface area (Å²) in [6.07, 6.45) is 0.172. The summed E-state index contributed by atoms with van der Waals surface area (Å²) < 4.78 is 0. The first-order valence-electron chi connectivity index (χ1n) is 4.08. The summed E-state index contributed by atoms with van der Waals surface area (Å²) in [5.74, 6) is 0. The molecule has 1 aliphatic rings. The summed E-state index contributed by atoms with van der Waals surface area (Å²) >= 11 is 0. The quantitative estimate of drug-likeness (QED) is 0.580. The largest absolute Gasteiger partial charge is 0.387 e. The second-order valence-electron chi connectivity index (χ2n) is 3.30. The van der Waals surface area contributed by atoms with Gasteiger partial charge in [-0.1, -0.05) is 6.07 Å². The summed E-state index contributed by atoms with van der Waals surface area (Å²) in [6, 6.07) is 3.64. The number of aromatic nitrogens is 1. The highest BCUT2D eigenvalue weighted by molar-refractivity contribution is 5.31. The van der Waals surface area contributed by atoms with Gasteiger partial charge in [-0.15, -0.1) is 0 Å². The molecule has 2 rings (SSSR count). The van der Waals surface area contributed by atoms with Crippen molar-refractivity contribution in [3.8, 4) is 0 Å². The predicted molar refractivity (Wildman–Crippen MR) is 45.6 cm³/mol. The van der Waals surface area contributed by atoms with Gasteiger partial charge in [-0.2, -0.15) is 0 Å². The SMILES string of the molecule is Cc1ccc2c(n1)CC(N)C2O. The maximum atomic E-state index is 9.58. The lowest BCUT2D eigenvalue weighted by atomic mass is 10.1. The zero-order chi connectivity index (χ0) is 8.72. The van der Waals surface area contributed by atoms with Crippen molar-refractivity contribution in [1.82, 2.24) is 4.98 Å². The third-order valence-corrected chi connectivity index (χ3v) is 2.30. The molecule has 0 radical (unpaired) electrons. The molecule has 1 aromatic heterocycles. The molecule has 12 heavy (non-hydrogen) atoms. The van der Waals surface area contributed by atoms with E-state index in [-0.39, 0.29) is 6.04 Å². The van der Waals surface area contributed by atoms with Gasteiger partial charge in [0.05, 0.1) is 6.10 Å². The average Bonchev–Trinajstić information content (AvgIpc) is 2.28. The van der Waals surface area contributed by atoms with Crippen LogP contribution in [0.15, 0.2) is 12.1 Å². The highest BCUT2D eigenvalue weighted by Crippen LogP contribution is 2.28. The van der Waals surface area contributed by atoms with E-state index in [0.29, 0.717) is 6.42 Å². The molecule has 2 unspecified atom stereocenters. The molecule has 1 aliphatic carbocycles. The summed E-state index contributed by atoms with van der Waals surface area (Å²) in [6.45, 7) is 1.94. The van der Waals surface area contributed by atoms with Crippen LogP contribution in [0, 0.1) is 6.92 Å².